The maximum atomic E-state index is 12.7. The first-order valence-corrected chi connectivity index (χ1v) is 6.32. The summed E-state index contributed by atoms with van der Waals surface area (Å²) in [6.45, 7) is 0.660. The fourth-order valence-electron chi connectivity index (χ4n) is 2.45. The van der Waals surface area contributed by atoms with Crippen LogP contribution >= 0.6 is 0 Å². The lowest BCUT2D eigenvalue weighted by Gasteiger charge is -2.35. The van der Waals surface area contributed by atoms with E-state index in [0.717, 1.165) is 18.9 Å². The minimum absolute atomic E-state index is 0.254. The molecule has 1 aromatic rings. The standard InChI is InChI=1S/C14H15F3N2O/c1-19(8-9-4-12(20)5-9)11-2-3-13(14(15,16)17)10(6-11)7-18/h2-3,6,9,12,20H,4-5,8H2,1H3. The molecule has 2 rings (SSSR count). The topological polar surface area (TPSA) is 47.3 Å². The van der Waals surface area contributed by atoms with Crippen molar-refractivity contribution in [1.29, 1.82) is 5.26 Å². The van der Waals surface area contributed by atoms with Crippen molar-refractivity contribution in [2.24, 2.45) is 5.92 Å². The molecule has 20 heavy (non-hydrogen) atoms. The first-order valence-electron chi connectivity index (χ1n) is 6.32. The summed E-state index contributed by atoms with van der Waals surface area (Å²) in [7, 11) is 1.77. The summed E-state index contributed by atoms with van der Waals surface area (Å²) in [5, 5.41) is 18.1. The Morgan fingerprint density at radius 1 is 1.40 bits per heavy atom. The highest BCUT2D eigenvalue weighted by Crippen LogP contribution is 2.34. The average Bonchev–Trinajstić information content (AvgIpc) is 2.35. The van der Waals surface area contributed by atoms with Gasteiger partial charge in [0.1, 0.15) is 0 Å². The Morgan fingerprint density at radius 2 is 2.05 bits per heavy atom. The summed E-state index contributed by atoms with van der Waals surface area (Å²) in [6, 6.07) is 5.18. The monoisotopic (exact) mass is 284 g/mol. The Hall–Kier alpha value is -1.74. The van der Waals surface area contributed by atoms with Gasteiger partial charge in [-0.3, -0.25) is 0 Å². The molecule has 108 valence electrons. The van der Waals surface area contributed by atoms with Gasteiger partial charge in [-0.05, 0) is 37.0 Å². The number of aliphatic hydroxyl groups is 1. The van der Waals surface area contributed by atoms with Crippen LogP contribution in [0.5, 0.6) is 0 Å². The quantitative estimate of drug-likeness (QED) is 0.928. The summed E-state index contributed by atoms with van der Waals surface area (Å²) >= 11 is 0. The number of hydrogen-bond donors (Lipinski definition) is 1. The second-order valence-corrected chi connectivity index (χ2v) is 5.21. The lowest BCUT2D eigenvalue weighted by Crippen LogP contribution is -2.37. The fraction of sp³-hybridized carbons (Fsp3) is 0.500. The smallest absolute Gasteiger partial charge is 0.393 e. The highest BCUT2D eigenvalue weighted by molar-refractivity contribution is 5.55. The van der Waals surface area contributed by atoms with Crippen LogP contribution in [0.15, 0.2) is 18.2 Å². The van der Waals surface area contributed by atoms with Crippen LogP contribution in [0.25, 0.3) is 0 Å². The van der Waals surface area contributed by atoms with Gasteiger partial charge in [-0.1, -0.05) is 0 Å². The zero-order chi connectivity index (χ0) is 14.9. The van der Waals surface area contributed by atoms with Crippen LogP contribution in [0.4, 0.5) is 18.9 Å². The minimum Gasteiger partial charge on any atom is -0.393 e. The lowest BCUT2D eigenvalue weighted by molar-refractivity contribution is -0.137. The van der Waals surface area contributed by atoms with Gasteiger partial charge in [0.2, 0.25) is 0 Å². The molecule has 1 aromatic carbocycles. The van der Waals surface area contributed by atoms with Crippen molar-refractivity contribution in [2.75, 3.05) is 18.5 Å². The zero-order valence-corrected chi connectivity index (χ0v) is 11.0. The zero-order valence-electron chi connectivity index (χ0n) is 11.0. The van der Waals surface area contributed by atoms with Crippen LogP contribution in [0.2, 0.25) is 0 Å². The van der Waals surface area contributed by atoms with E-state index in [9.17, 15) is 18.3 Å². The summed E-state index contributed by atoms with van der Waals surface area (Å²) in [5.74, 6) is 0.350. The third kappa shape index (κ3) is 3.05. The summed E-state index contributed by atoms with van der Waals surface area (Å²) in [4.78, 5) is 1.82. The Bertz CT molecular complexity index is 530. The van der Waals surface area contributed by atoms with E-state index < -0.39 is 11.7 Å². The predicted molar refractivity (Wildman–Crippen MR) is 68.2 cm³/mol. The second kappa shape index (κ2) is 5.33. The van der Waals surface area contributed by atoms with Crippen molar-refractivity contribution < 1.29 is 18.3 Å². The van der Waals surface area contributed by atoms with Crippen molar-refractivity contribution in [2.45, 2.75) is 25.1 Å². The normalized spacial score (nSPS) is 22.0. The molecule has 0 aromatic heterocycles. The number of alkyl halides is 3. The molecule has 0 bridgehead atoms. The Kier molecular flexibility index (Phi) is 3.91. The maximum absolute atomic E-state index is 12.7. The van der Waals surface area contributed by atoms with Crippen molar-refractivity contribution in [3.05, 3.63) is 29.3 Å². The molecule has 1 N–H and O–H groups in total. The van der Waals surface area contributed by atoms with E-state index >= 15 is 0 Å². The number of nitrogens with zero attached hydrogens (tertiary/aromatic N) is 2. The van der Waals surface area contributed by atoms with Gasteiger partial charge in [-0.25, -0.2) is 0 Å². The van der Waals surface area contributed by atoms with Gasteiger partial charge >= 0.3 is 6.18 Å². The largest absolute Gasteiger partial charge is 0.417 e. The van der Waals surface area contributed by atoms with Gasteiger partial charge < -0.3 is 10.0 Å². The molecule has 0 amide bonds. The second-order valence-electron chi connectivity index (χ2n) is 5.21. The molecular formula is C14H15F3N2O. The van der Waals surface area contributed by atoms with Crippen molar-refractivity contribution in [3.63, 3.8) is 0 Å². The third-order valence-electron chi connectivity index (χ3n) is 3.61. The Balaban J connectivity index is 2.15. The van der Waals surface area contributed by atoms with Gasteiger partial charge in [0.15, 0.2) is 0 Å². The minimum atomic E-state index is -4.51. The molecule has 1 aliphatic rings. The molecule has 0 unspecified atom stereocenters. The summed E-state index contributed by atoms with van der Waals surface area (Å²) in [6.07, 6.45) is -3.33. The van der Waals surface area contributed by atoms with E-state index in [2.05, 4.69) is 0 Å². The molecule has 0 radical (unpaired) electrons. The van der Waals surface area contributed by atoms with Gasteiger partial charge in [0.05, 0.1) is 23.3 Å². The number of nitriles is 1. The molecule has 0 saturated heterocycles. The number of rotatable bonds is 3. The van der Waals surface area contributed by atoms with Gasteiger partial charge in [0.25, 0.3) is 0 Å². The fourth-order valence-corrected chi connectivity index (χ4v) is 2.45. The molecule has 0 atom stereocenters. The Morgan fingerprint density at radius 3 is 2.55 bits per heavy atom. The van der Waals surface area contributed by atoms with Gasteiger partial charge in [0, 0.05) is 19.3 Å². The number of anilines is 1. The highest BCUT2D eigenvalue weighted by Gasteiger charge is 2.34. The molecule has 0 spiro atoms. The van der Waals surface area contributed by atoms with Crippen LogP contribution in [-0.4, -0.2) is 24.8 Å². The molecule has 1 aliphatic carbocycles. The van der Waals surface area contributed by atoms with E-state index in [-0.39, 0.29) is 11.7 Å². The highest BCUT2D eigenvalue weighted by atomic mass is 19.4. The van der Waals surface area contributed by atoms with E-state index in [1.54, 1.807) is 13.1 Å². The van der Waals surface area contributed by atoms with Crippen LogP contribution in [0.1, 0.15) is 24.0 Å². The maximum Gasteiger partial charge on any atom is 0.417 e. The molecule has 0 aliphatic heterocycles. The van der Waals surface area contributed by atoms with Gasteiger partial charge in [-0.2, -0.15) is 18.4 Å². The number of halogens is 3. The van der Waals surface area contributed by atoms with E-state index in [4.69, 9.17) is 5.26 Å². The lowest BCUT2D eigenvalue weighted by atomic mass is 9.82. The van der Waals surface area contributed by atoms with Crippen molar-refractivity contribution >= 4 is 5.69 Å². The van der Waals surface area contributed by atoms with Crippen LogP contribution in [-0.2, 0) is 6.18 Å². The summed E-state index contributed by atoms with van der Waals surface area (Å²) in [5.41, 5.74) is -0.692. The third-order valence-corrected chi connectivity index (χ3v) is 3.61. The van der Waals surface area contributed by atoms with Crippen LogP contribution < -0.4 is 4.90 Å². The SMILES string of the molecule is CN(CC1CC(O)C1)c1ccc(C(F)(F)F)c(C#N)c1. The Labute approximate surface area is 115 Å². The molecule has 3 nitrogen and oxygen atoms in total. The van der Waals surface area contributed by atoms with Gasteiger partial charge in [-0.15, -0.1) is 0 Å². The molecule has 0 heterocycles. The van der Waals surface area contributed by atoms with Crippen molar-refractivity contribution in [3.8, 4) is 6.07 Å². The number of aliphatic hydroxyl groups excluding tert-OH is 1. The van der Waals surface area contributed by atoms with Crippen molar-refractivity contribution in [1.82, 2.24) is 0 Å². The molecule has 1 fully saturated rings. The average molecular weight is 284 g/mol. The van der Waals surface area contributed by atoms with E-state index in [0.29, 0.717) is 18.2 Å². The van der Waals surface area contributed by atoms with E-state index in [1.165, 1.54) is 12.1 Å². The number of benzene rings is 1. The molecule has 1 saturated carbocycles. The van der Waals surface area contributed by atoms with Crippen LogP contribution in [0.3, 0.4) is 0 Å². The summed E-state index contributed by atoms with van der Waals surface area (Å²) < 4.78 is 38.1. The first-order chi connectivity index (χ1) is 9.31. The molecule has 6 heteroatoms. The first kappa shape index (κ1) is 14.7. The van der Waals surface area contributed by atoms with E-state index in [1.807, 2.05) is 4.90 Å². The molecular weight excluding hydrogens is 269 g/mol. The van der Waals surface area contributed by atoms with Crippen LogP contribution in [0, 0.1) is 17.2 Å². The number of hydrogen-bond acceptors (Lipinski definition) is 3. The predicted octanol–water partition coefficient (Wildman–Crippen LogP) is 2.78.